The van der Waals surface area contributed by atoms with Gasteiger partial charge in [-0.25, -0.2) is 0 Å². The number of carbonyl (C=O) groups excluding carboxylic acids is 9. The standard InChI is InChI=1S/C59H80N12O16/c1-34(15-24-51(77)78)53(80)62-35(2)54(81)65-46(27-37-11-5-4-6-12-37)50(76)31-40(59(86)87)30-41-32-71(70-69-41)26-10-8-14-44(63-36(3)73)55(82)67-48(29-39-18-22-43(75)23-19-39)57(84)64-45(13-7-9-25-60)56(83)68-49(33-72)58(85)66-47(52(61)79)28-38-16-20-42(74)21-17-38/h4-6,11-12,16-23,32,34-35,40,44-49,72,74-75H,7-10,13-15,24-31,33,60H2,1-3H3,(H2,61,79)(H,62,80)(H,63,73)(H,64,84)(H,65,81)(H,66,85)(H,67,82)(H,68,83)(H,77,78)(H,86,87)/t34-,35-,40+,44+,45-,46-,47-,48-,49-/m1/s1. The van der Waals surface area contributed by atoms with Gasteiger partial charge in [0.1, 0.15) is 47.8 Å². The van der Waals surface area contributed by atoms with E-state index in [1.54, 1.807) is 30.3 Å². The van der Waals surface area contributed by atoms with Crippen LogP contribution in [0, 0.1) is 11.8 Å². The maximum atomic E-state index is 14.3. The van der Waals surface area contributed by atoms with Crippen LogP contribution in [0.2, 0.25) is 0 Å². The number of primary amides is 1. The highest BCUT2D eigenvalue weighted by Crippen LogP contribution is 2.18. The Labute approximate surface area is 502 Å². The van der Waals surface area contributed by atoms with E-state index >= 15 is 0 Å². The molecule has 0 aliphatic rings. The molecule has 0 radical (unpaired) electrons. The molecule has 472 valence electrons. The summed E-state index contributed by atoms with van der Waals surface area (Å²) in [6, 6.07) is 11.0. The van der Waals surface area contributed by atoms with Crippen LogP contribution in [0.15, 0.2) is 85.1 Å². The van der Waals surface area contributed by atoms with Crippen LogP contribution in [0.1, 0.15) is 101 Å². The molecular weight excluding hydrogens is 1130 g/mol. The van der Waals surface area contributed by atoms with E-state index in [0.717, 1.165) is 0 Å². The van der Waals surface area contributed by atoms with Crippen molar-refractivity contribution in [2.24, 2.45) is 23.3 Å². The van der Waals surface area contributed by atoms with Gasteiger partial charge in [-0.2, -0.15) is 0 Å². The van der Waals surface area contributed by atoms with E-state index in [9.17, 15) is 73.2 Å². The molecule has 0 aliphatic heterocycles. The molecule has 28 nitrogen and oxygen atoms in total. The number of aromatic nitrogens is 3. The van der Waals surface area contributed by atoms with E-state index in [1.807, 2.05) is 0 Å². The average Bonchev–Trinajstić information content (AvgIpc) is 4.18. The van der Waals surface area contributed by atoms with Gasteiger partial charge in [0.25, 0.3) is 0 Å². The number of carbonyl (C=O) groups is 11. The van der Waals surface area contributed by atoms with E-state index in [4.69, 9.17) is 16.6 Å². The highest BCUT2D eigenvalue weighted by Gasteiger charge is 2.34. The molecule has 0 fully saturated rings. The summed E-state index contributed by atoms with van der Waals surface area (Å²) < 4.78 is 1.44. The maximum absolute atomic E-state index is 14.3. The number of hydrogen-bond acceptors (Lipinski definition) is 17. The number of rotatable bonds is 39. The number of carboxylic acid groups (broad SMARTS) is 2. The molecule has 0 saturated heterocycles. The molecule has 4 aromatic rings. The predicted octanol–water partition coefficient (Wildman–Crippen LogP) is -0.669. The third-order valence-electron chi connectivity index (χ3n) is 14.1. The second kappa shape index (κ2) is 35.9. The van der Waals surface area contributed by atoms with Crippen molar-refractivity contribution < 1.29 is 78.3 Å². The number of aliphatic carboxylic acids is 2. The van der Waals surface area contributed by atoms with Crippen molar-refractivity contribution in [2.45, 2.75) is 153 Å². The van der Waals surface area contributed by atoms with Gasteiger partial charge in [-0.3, -0.25) is 57.4 Å². The Morgan fingerprint density at radius 2 is 1.05 bits per heavy atom. The summed E-state index contributed by atoms with van der Waals surface area (Å²) in [6.07, 6.45) is 1.70. The minimum atomic E-state index is -1.62. The molecular formula is C59H80N12O16. The topological polar surface area (TPSA) is 456 Å². The first-order valence-corrected chi connectivity index (χ1v) is 28.5. The van der Waals surface area contributed by atoms with Crippen LogP contribution in [0.5, 0.6) is 11.5 Å². The Morgan fingerprint density at radius 3 is 1.60 bits per heavy atom. The zero-order chi connectivity index (χ0) is 64.2. The summed E-state index contributed by atoms with van der Waals surface area (Å²) in [5.74, 6) is -11.4. The van der Waals surface area contributed by atoms with Gasteiger partial charge in [-0.1, -0.05) is 66.7 Å². The van der Waals surface area contributed by atoms with Crippen molar-refractivity contribution in [3.05, 3.63) is 107 Å². The fourth-order valence-corrected chi connectivity index (χ4v) is 9.06. The third-order valence-corrected chi connectivity index (χ3v) is 14.1. The predicted molar refractivity (Wildman–Crippen MR) is 312 cm³/mol. The summed E-state index contributed by atoms with van der Waals surface area (Å²) in [5, 5.41) is 75.2. The highest BCUT2D eigenvalue weighted by molar-refractivity contribution is 5.97. The number of hydrogen-bond donors (Lipinski definition) is 14. The number of ketones is 1. The molecule has 87 heavy (non-hydrogen) atoms. The summed E-state index contributed by atoms with van der Waals surface area (Å²) >= 11 is 0. The van der Waals surface area contributed by atoms with Gasteiger partial charge in [-0.15, -0.1) is 5.10 Å². The van der Waals surface area contributed by atoms with E-state index in [2.05, 4.69) is 47.5 Å². The van der Waals surface area contributed by atoms with E-state index in [-0.39, 0.29) is 88.1 Å². The van der Waals surface area contributed by atoms with Crippen LogP contribution < -0.4 is 48.7 Å². The largest absolute Gasteiger partial charge is 0.508 e. The summed E-state index contributed by atoms with van der Waals surface area (Å²) in [7, 11) is 0. The molecule has 16 N–H and O–H groups in total. The number of nitrogens with two attached hydrogens (primary N) is 2. The third kappa shape index (κ3) is 25.0. The lowest BCUT2D eigenvalue weighted by atomic mass is 9.91. The smallest absolute Gasteiger partial charge is 0.307 e. The average molecular weight is 1210 g/mol. The summed E-state index contributed by atoms with van der Waals surface area (Å²) in [4.78, 5) is 144. The summed E-state index contributed by atoms with van der Waals surface area (Å²) in [6.45, 7) is 3.63. The second-order valence-corrected chi connectivity index (χ2v) is 21.3. The molecule has 3 aromatic carbocycles. The Bertz CT molecular complexity index is 2960. The number of unbranched alkanes of at least 4 members (excludes halogenated alkanes) is 2. The number of aryl methyl sites for hydroxylation is 1. The van der Waals surface area contributed by atoms with Gasteiger partial charge >= 0.3 is 11.9 Å². The first kappa shape index (κ1) is 70.2. The number of aliphatic hydroxyl groups is 1. The fourth-order valence-electron chi connectivity index (χ4n) is 9.06. The number of phenols is 2. The molecule has 0 saturated carbocycles. The second-order valence-electron chi connectivity index (χ2n) is 21.3. The first-order chi connectivity index (χ1) is 41.3. The molecule has 28 heteroatoms. The number of amides is 8. The molecule has 1 aromatic heterocycles. The van der Waals surface area contributed by atoms with E-state index in [1.165, 1.54) is 80.2 Å². The quantitative estimate of drug-likeness (QED) is 0.0246. The number of carboxylic acids is 2. The van der Waals surface area contributed by atoms with Crippen molar-refractivity contribution in [3.8, 4) is 11.5 Å². The number of aliphatic hydroxyl groups excluding tert-OH is 1. The molecule has 0 bridgehead atoms. The van der Waals surface area contributed by atoms with Crippen molar-refractivity contribution in [1.29, 1.82) is 0 Å². The molecule has 9 atom stereocenters. The Morgan fingerprint density at radius 1 is 0.552 bits per heavy atom. The zero-order valence-corrected chi connectivity index (χ0v) is 48.8. The van der Waals surface area contributed by atoms with Crippen LogP contribution in [0.4, 0.5) is 0 Å². The number of benzene rings is 3. The lowest BCUT2D eigenvalue weighted by Gasteiger charge is -2.27. The number of nitrogens with one attached hydrogen (secondary N) is 7. The van der Waals surface area contributed by atoms with Crippen LogP contribution in [-0.4, -0.2) is 161 Å². The number of phenolic OH excluding ortho intramolecular Hbond substituents is 2. The number of Topliss-reactive ketones (excluding diaryl/α,β-unsaturated/α-hetero) is 1. The van der Waals surface area contributed by atoms with Crippen molar-refractivity contribution in [1.82, 2.24) is 52.2 Å². The Hall–Kier alpha value is -9.31. The monoisotopic (exact) mass is 1210 g/mol. The number of nitrogens with zero attached hydrogens (tertiary/aromatic N) is 3. The maximum Gasteiger partial charge on any atom is 0.307 e. The Kier molecular flexibility index (Phi) is 28.9. The fraction of sp³-hybridized carbons (Fsp3) is 0.475. The minimum Gasteiger partial charge on any atom is -0.508 e. The lowest BCUT2D eigenvalue weighted by molar-refractivity contribution is -0.144. The molecule has 0 aliphatic carbocycles. The van der Waals surface area contributed by atoms with Crippen molar-refractivity contribution >= 4 is 65.0 Å². The van der Waals surface area contributed by atoms with Crippen LogP contribution in [0.3, 0.4) is 0 Å². The Balaban J connectivity index is 1.42. The molecule has 0 unspecified atom stereocenters. The van der Waals surface area contributed by atoms with Gasteiger partial charge in [0.15, 0.2) is 5.78 Å². The van der Waals surface area contributed by atoms with Crippen molar-refractivity contribution in [3.63, 3.8) is 0 Å². The SMILES string of the molecule is CC(=O)N[C@@H](CCCCn1cc(C[C@@H](CC(=O)[C@@H](Cc2ccccc2)NC(=O)[C@@H](C)NC(=O)[C@H](C)CCC(=O)O)C(=O)O)nn1)C(=O)N[C@H](Cc1ccc(O)cc1)C(=O)N[C@H](CCCCN)C(=O)N[C@H](CO)C(=O)N[C@H](Cc1ccc(O)cc1)C(N)=O. The normalized spacial score (nSPS) is 14.2. The zero-order valence-electron chi connectivity index (χ0n) is 48.8. The van der Waals surface area contributed by atoms with Gasteiger partial charge in [0, 0.05) is 57.7 Å². The van der Waals surface area contributed by atoms with Crippen molar-refractivity contribution in [2.75, 3.05) is 13.2 Å². The molecule has 0 spiro atoms. The first-order valence-electron chi connectivity index (χ1n) is 28.5. The van der Waals surface area contributed by atoms with Gasteiger partial charge in [-0.05, 0) is 106 Å². The van der Waals surface area contributed by atoms with Gasteiger partial charge in [0.2, 0.25) is 47.3 Å². The molecule has 4 rings (SSSR count). The van der Waals surface area contributed by atoms with E-state index < -0.39 is 132 Å². The lowest BCUT2D eigenvalue weighted by Crippen LogP contribution is -2.60. The minimum absolute atomic E-state index is 0.00708. The van der Waals surface area contributed by atoms with E-state index in [0.29, 0.717) is 36.0 Å². The van der Waals surface area contributed by atoms with Gasteiger partial charge < -0.3 is 74.2 Å². The molecule has 1 heterocycles. The number of aromatic hydroxyl groups is 2. The van der Waals surface area contributed by atoms with Gasteiger partial charge in [0.05, 0.1) is 24.3 Å². The summed E-state index contributed by atoms with van der Waals surface area (Å²) in [5.41, 5.74) is 13.2. The molecule has 8 amide bonds. The van der Waals surface area contributed by atoms with Crippen LogP contribution in [-0.2, 0) is 85.0 Å². The van der Waals surface area contributed by atoms with Crippen LogP contribution in [0.25, 0.3) is 0 Å². The van der Waals surface area contributed by atoms with Crippen LogP contribution >= 0.6 is 0 Å². The highest BCUT2D eigenvalue weighted by atomic mass is 16.4.